The maximum Gasteiger partial charge on any atom is 0.328 e. The molecule has 7 heteroatoms. The Morgan fingerprint density at radius 2 is 1.45 bits per heavy atom. The van der Waals surface area contributed by atoms with Gasteiger partial charge in [0.25, 0.3) is 0 Å². The zero-order valence-corrected chi connectivity index (χ0v) is 17.7. The number of carbonyl (C=O) groups is 2. The Bertz CT molecular complexity index is 1110. The van der Waals surface area contributed by atoms with Gasteiger partial charge in [-0.2, -0.15) is 0 Å². The van der Waals surface area contributed by atoms with Crippen LogP contribution in [-0.2, 0) is 22.4 Å². The Hall–Kier alpha value is -3.97. The van der Waals surface area contributed by atoms with Gasteiger partial charge in [-0.05, 0) is 65.9 Å². The molecule has 0 amide bonds. The van der Waals surface area contributed by atoms with Gasteiger partial charge in [0.2, 0.25) is 0 Å². The van der Waals surface area contributed by atoms with Crippen LogP contribution < -0.4 is 10.5 Å². The van der Waals surface area contributed by atoms with Crippen LogP contribution in [0.5, 0.6) is 11.5 Å². The highest BCUT2D eigenvalue weighted by molar-refractivity contribution is 5.89. The minimum Gasteiger partial charge on any atom is -0.478 e. The number of aliphatic carboxylic acids is 2. The van der Waals surface area contributed by atoms with E-state index < -0.39 is 11.9 Å². The molecule has 0 unspecified atom stereocenters. The van der Waals surface area contributed by atoms with Crippen molar-refractivity contribution in [3.63, 3.8) is 0 Å². The molecule has 1 aliphatic rings. The van der Waals surface area contributed by atoms with Crippen LogP contribution in [-0.4, -0.2) is 28.2 Å². The standard InChI is InChI=1S/C22H20FNO.C4H4O4/c23-17-7-11-19(12-8-17)25-18-9-5-15(6-10-18)13-21-20-4-2-1-3-16(20)14-22(21)24;5-3(6)1-2-4(7)8/h1-12,21-22H,13-14,24H2;1-2H,(H,5,6)(H,7,8)/b;2-1-/t21-,22+;/m1./s1. The molecular formula is C26H24FNO5. The summed E-state index contributed by atoms with van der Waals surface area (Å²) in [6.45, 7) is 0. The fraction of sp³-hybridized carbons (Fsp3) is 0.154. The molecule has 0 spiro atoms. The highest BCUT2D eigenvalue weighted by atomic mass is 19.1. The molecule has 4 rings (SSSR count). The monoisotopic (exact) mass is 449 g/mol. The predicted octanol–water partition coefficient (Wildman–Crippen LogP) is 4.54. The van der Waals surface area contributed by atoms with Crippen LogP contribution in [0.4, 0.5) is 4.39 Å². The molecule has 33 heavy (non-hydrogen) atoms. The SMILES string of the molecule is N[C@H]1Cc2ccccc2[C@H]1Cc1ccc(Oc2ccc(F)cc2)cc1.O=C(O)/C=C\C(=O)O. The molecule has 0 aliphatic heterocycles. The third-order valence-corrected chi connectivity index (χ3v) is 5.22. The van der Waals surface area contributed by atoms with Crippen molar-refractivity contribution in [2.45, 2.75) is 24.8 Å². The largest absolute Gasteiger partial charge is 0.478 e. The maximum atomic E-state index is 12.9. The molecule has 2 atom stereocenters. The lowest BCUT2D eigenvalue weighted by Gasteiger charge is -2.17. The molecule has 0 saturated carbocycles. The second-order valence-corrected chi connectivity index (χ2v) is 7.59. The molecular weight excluding hydrogens is 425 g/mol. The Kier molecular flexibility index (Phi) is 7.94. The van der Waals surface area contributed by atoms with Crippen LogP contribution in [0, 0.1) is 5.82 Å². The quantitative estimate of drug-likeness (QED) is 0.477. The molecule has 4 N–H and O–H groups in total. The van der Waals surface area contributed by atoms with Gasteiger partial charge >= 0.3 is 11.9 Å². The van der Waals surface area contributed by atoms with Gasteiger partial charge in [-0.3, -0.25) is 0 Å². The zero-order chi connectivity index (χ0) is 23.8. The Labute approximate surface area is 190 Å². The number of carboxylic acid groups (broad SMARTS) is 2. The first-order valence-electron chi connectivity index (χ1n) is 10.3. The van der Waals surface area contributed by atoms with E-state index in [0.29, 0.717) is 23.8 Å². The van der Waals surface area contributed by atoms with Crippen LogP contribution in [0.2, 0.25) is 0 Å². The zero-order valence-electron chi connectivity index (χ0n) is 17.7. The van der Waals surface area contributed by atoms with Gasteiger partial charge in [-0.25, -0.2) is 14.0 Å². The van der Waals surface area contributed by atoms with E-state index in [1.54, 1.807) is 12.1 Å². The van der Waals surface area contributed by atoms with Gasteiger partial charge in [-0.15, -0.1) is 0 Å². The lowest BCUT2D eigenvalue weighted by atomic mass is 9.91. The van der Waals surface area contributed by atoms with Crippen molar-refractivity contribution in [3.05, 3.63) is 107 Å². The van der Waals surface area contributed by atoms with Gasteiger partial charge in [-0.1, -0.05) is 36.4 Å². The van der Waals surface area contributed by atoms with E-state index in [2.05, 4.69) is 36.4 Å². The highest BCUT2D eigenvalue weighted by Crippen LogP contribution is 2.35. The number of ether oxygens (including phenoxy) is 1. The van der Waals surface area contributed by atoms with E-state index in [1.807, 2.05) is 12.1 Å². The van der Waals surface area contributed by atoms with Crippen LogP contribution in [0.3, 0.4) is 0 Å². The van der Waals surface area contributed by atoms with Crippen molar-refractivity contribution >= 4 is 11.9 Å². The Morgan fingerprint density at radius 3 is 2.03 bits per heavy atom. The fourth-order valence-electron chi connectivity index (χ4n) is 3.70. The molecule has 1 aliphatic carbocycles. The summed E-state index contributed by atoms with van der Waals surface area (Å²) < 4.78 is 18.7. The number of hydrogen-bond donors (Lipinski definition) is 3. The lowest BCUT2D eigenvalue weighted by molar-refractivity contribution is -0.134. The third kappa shape index (κ3) is 7.02. The third-order valence-electron chi connectivity index (χ3n) is 5.22. The van der Waals surface area contributed by atoms with Crippen molar-refractivity contribution in [2.75, 3.05) is 0 Å². The van der Waals surface area contributed by atoms with E-state index in [0.717, 1.165) is 18.6 Å². The van der Waals surface area contributed by atoms with Crippen LogP contribution in [0.1, 0.15) is 22.6 Å². The molecule has 0 heterocycles. The summed E-state index contributed by atoms with van der Waals surface area (Å²) in [5.41, 5.74) is 10.4. The summed E-state index contributed by atoms with van der Waals surface area (Å²) in [4.78, 5) is 19.1. The first-order valence-corrected chi connectivity index (χ1v) is 10.3. The average Bonchev–Trinajstić information content (AvgIpc) is 3.11. The first-order chi connectivity index (χ1) is 15.8. The van der Waals surface area contributed by atoms with Crippen molar-refractivity contribution in [2.24, 2.45) is 5.73 Å². The van der Waals surface area contributed by atoms with Gasteiger partial charge in [0.05, 0.1) is 0 Å². The summed E-state index contributed by atoms with van der Waals surface area (Å²) in [6, 6.07) is 22.8. The molecule has 0 fully saturated rings. The molecule has 170 valence electrons. The van der Waals surface area contributed by atoms with Crippen LogP contribution in [0.25, 0.3) is 0 Å². The minimum absolute atomic E-state index is 0.174. The molecule has 0 aromatic heterocycles. The van der Waals surface area contributed by atoms with E-state index in [9.17, 15) is 14.0 Å². The highest BCUT2D eigenvalue weighted by Gasteiger charge is 2.29. The van der Waals surface area contributed by atoms with Gasteiger partial charge in [0.1, 0.15) is 17.3 Å². The summed E-state index contributed by atoms with van der Waals surface area (Å²) in [6.07, 6.45) is 2.99. The van der Waals surface area contributed by atoms with Crippen LogP contribution in [0.15, 0.2) is 84.9 Å². The number of hydrogen-bond acceptors (Lipinski definition) is 4. The first kappa shape index (κ1) is 23.7. The molecule has 3 aromatic carbocycles. The summed E-state index contributed by atoms with van der Waals surface area (Å²) in [7, 11) is 0. The van der Waals surface area contributed by atoms with Crippen molar-refractivity contribution in [1.29, 1.82) is 0 Å². The summed E-state index contributed by atoms with van der Waals surface area (Å²) in [5.74, 6) is -1.05. The minimum atomic E-state index is -1.26. The van der Waals surface area contributed by atoms with E-state index in [4.69, 9.17) is 20.7 Å². The Morgan fingerprint density at radius 1 is 0.909 bits per heavy atom. The number of rotatable bonds is 6. The van der Waals surface area contributed by atoms with Gasteiger partial charge in [0.15, 0.2) is 0 Å². The van der Waals surface area contributed by atoms with Crippen molar-refractivity contribution in [3.8, 4) is 11.5 Å². The summed E-state index contributed by atoms with van der Waals surface area (Å²) in [5, 5.41) is 15.6. The second-order valence-electron chi connectivity index (χ2n) is 7.59. The number of halogens is 1. The lowest BCUT2D eigenvalue weighted by Crippen LogP contribution is -2.26. The second kappa shape index (κ2) is 11.1. The number of fused-ring (bicyclic) bond motifs is 1. The van der Waals surface area contributed by atoms with E-state index in [-0.39, 0.29) is 11.9 Å². The topological polar surface area (TPSA) is 110 Å². The number of nitrogens with two attached hydrogens (primary N) is 1. The van der Waals surface area contributed by atoms with Crippen molar-refractivity contribution in [1.82, 2.24) is 0 Å². The molecule has 0 radical (unpaired) electrons. The van der Waals surface area contributed by atoms with Crippen molar-refractivity contribution < 1.29 is 28.9 Å². The number of benzene rings is 3. The maximum absolute atomic E-state index is 12.9. The van der Waals surface area contributed by atoms with Crippen LogP contribution >= 0.6 is 0 Å². The normalized spacial score (nSPS) is 16.5. The number of carboxylic acids is 2. The molecule has 0 saturated heterocycles. The molecule has 6 nitrogen and oxygen atoms in total. The van der Waals surface area contributed by atoms with Gasteiger partial charge < -0.3 is 20.7 Å². The average molecular weight is 449 g/mol. The fourth-order valence-corrected chi connectivity index (χ4v) is 3.70. The summed E-state index contributed by atoms with van der Waals surface area (Å²) >= 11 is 0. The van der Waals surface area contributed by atoms with E-state index in [1.165, 1.54) is 28.8 Å². The predicted molar refractivity (Wildman–Crippen MR) is 122 cm³/mol. The Balaban J connectivity index is 0.000000331. The molecule has 0 bridgehead atoms. The van der Waals surface area contributed by atoms with Gasteiger partial charge in [0, 0.05) is 24.1 Å². The van der Waals surface area contributed by atoms with E-state index >= 15 is 0 Å². The molecule has 3 aromatic rings. The smallest absolute Gasteiger partial charge is 0.328 e.